The highest BCUT2D eigenvalue weighted by Crippen LogP contribution is 2.30. The molecule has 1 saturated carbocycles. The van der Waals surface area contributed by atoms with Crippen molar-refractivity contribution in [1.82, 2.24) is 15.3 Å². The first-order valence-electron chi connectivity index (χ1n) is 8.95. The molecule has 0 aromatic carbocycles. The third-order valence-electron chi connectivity index (χ3n) is 4.77. The van der Waals surface area contributed by atoms with Crippen molar-refractivity contribution >= 4 is 29.1 Å². The van der Waals surface area contributed by atoms with Crippen LogP contribution in [0.25, 0.3) is 0 Å². The SMILES string of the molecule is CNC(=O)c1cnc(Nc2ccc(C)cn2)cc1N[C@H]1CCC[C@H]1C(N)=O. The molecule has 0 spiro atoms. The molecule has 0 radical (unpaired) electrons. The van der Waals surface area contributed by atoms with Crippen LogP contribution in [0.15, 0.2) is 30.6 Å². The number of primary amides is 1. The van der Waals surface area contributed by atoms with Gasteiger partial charge in [0.1, 0.15) is 11.6 Å². The molecule has 27 heavy (non-hydrogen) atoms. The molecule has 1 aliphatic rings. The minimum absolute atomic E-state index is 0.0985. The third-order valence-corrected chi connectivity index (χ3v) is 4.77. The van der Waals surface area contributed by atoms with Crippen LogP contribution in [0.4, 0.5) is 17.3 Å². The summed E-state index contributed by atoms with van der Waals surface area (Å²) in [4.78, 5) is 32.5. The highest BCUT2D eigenvalue weighted by Gasteiger charge is 2.32. The molecule has 8 nitrogen and oxygen atoms in total. The Hall–Kier alpha value is -3.16. The highest BCUT2D eigenvalue weighted by atomic mass is 16.2. The number of hydrogen-bond acceptors (Lipinski definition) is 6. The van der Waals surface area contributed by atoms with Crippen LogP contribution in [0, 0.1) is 12.8 Å². The molecule has 2 heterocycles. The third kappa shape index (κ3) is 4.33. The summed E-state index contributed by atoms with van der Waals surface area (Å²) in [6.45, 7) is 1.96. The molecule has 1 aliphatic carbocycles. The van der Waals surface area contributed by atoms with E-state index in [1.54, 1.807) is 19.3 Å². The van der Waals surface area contributed by atoms with E-state index in [1.807, 2.05) is 19.1 Å². The molecule has 2 amide bonds. The lowest BCUT2D eigenvalue weighted by atomic mass is 10.0. The number of rotatable bonds is 6. The molecule has 5 N–H and O–H groups in total. The summed E-state index contributed by atoms with van der Waals surface area (Å²) in [7, 11) is 1.57. The molecule has 2 aromatic rings. The van der Waals surface area contributed by atoms with E-state index in [0.717, 1.165) is 24.8 Å². The maximum Gasteiger partial charge on any atom is 0.254 e. The molecular weight excluding hydrogens is 344 g/mol. The number of anilines is 3. The van der Waals surface area contributed by atoms with Crippen LogP contribution in [-0.2, 0) is 4.79 Å². The monoisotopic (exact) mass is 368 g/mol. The van der Waals surface area contributed by atoms with Gasteiger partial charge in [0.2, 0.25) is 5.91 Å². The van der Waals surface area contributed by atoms with Crippen LogP contribution in [0.2, 0.25) is 0 Å². The van der Waals surface area contributed by atoms with Crippen LogP contribution in [0.1, 0.15) is 35.2 Å². The average Bonchev–Trinajstić information content (AvgIpc) is 3.12. The average molecular weight is 368 g/mol. The fraction of sp³-hybridized carbons (Fsp3) is 0.368. The predicted octanol–water partition coefficient (Wildman–Crippen LogP) is 1.95. The van der Waals surface area contributed by atoms with E-state index in [9.17, 15) is 9.59 Å². The fourth-order valence-electron chi connectivity index (χ4n) is 3.30. The van der Waals surface area contributed by atoms with Gasteiger partial charge in [-0.15, -0.1) is 0 Å². The summed E-state index contributed by atoms with van der Waals surface area (Å²) in [5, 5.41) is 9.07. The maximum atomic E-state index is 12.2. The van der Waals surface area contributed by atoms with E-state index >= 15 is 0 Å². The number of nitrogens with one attached hydrogen (secondary N) is 3. The number of aryl methyl sites for hydroxylation is 1. The second kappa shape index (κ2) is 8.03. The van der Waals surface area contributed by atoms with Crippen molar-refractivity contribution in [3.8, 4) is 0 Å². The van der Waals surface area contributed by atoms with Crippen molar-refractivity contribution in [3.05, 3.63) is 41.7 Å². The number of nitrogens with two attached hydrogens (primary N) is 1. The standard InChI is InChI=1S/C19H24N6O2/c1-11-6-7-16(22-9-11)25-17-8-15(13(10-23-17)19(27)21-2)24-14-5-3-4-12(14)18(20)26/h6-10,12,14H,3-5H2,1-2H3,(H2,20,26)(H,21,27)(H2,22,23,24,25)/t12-,14+/m1/s1. The predicted molar refractivity (Wildman–Crippen MR) is 104 cm³/mol. The molecule has 1 fully saturated rings. The number of aromatic nitrogens is 2. The Morgan fingerprint density at radius 3 is 2.59 bits per heavy atom. The Balaban J connectivity index is 1.87. The normalized spacial score (nSPS) is 18.7. The Kier molecular flexibility index (Phi) is 5.54. The molecule has 2 atom stereocenters. The quantitative estimate of drug-likeness (QED) is 0.618. The number of amides is 2. The first kappa shape index (κ1) is 18.6. The zero-order valence-electron chi connectivity index (χ0n) is 15.5. The topological polar surface area (TPSA) is 122 Å². The van der Waals surface area contributed by atoms with Crippen LogP contribution >= 0.6 is 0 Å². The lowest BCUT2D eigenvalue weighted by Gasteiger charge is -2.21. The number of hydrogen-bond donors (Lipinski definition) is 4. The Bertz CT molecular complexity index is 837. The van der Waals surface area contributed by atoms with Gasteiger partial charge in [-0.1, -0.05) is 12.5 Å². The maximum absolute atomic E-state index is 12.2. The van der Waals surface area contributed by atoms with E-state index in [4.69, 9.17) is 5.73 Å². The van der Waals surface area contributed by atoms with Gasteiger partial charge in [0.15, 0.2) is 0 Å². The van der Waals surface area contributed by atoms with Gasteiger partial charge >= 0.3 is 0 Å². The van der Waals surface area contributed by atoms with Gasteiger partial charge in [0, 0.05) is 31.5 Å². The van der Waals surface area contributed by atoms with E-state index in [2.05, 4.69) is 25.9 Å². The number of carbonyl (C=O) groups excluding carboxylic acids is 2. The zero-order valence-corrected chi connectivity index (χ0v) is 15.5. The first-order valence-corrected chi connectivity index (χ1v) is 8.95. The van der Waals surface area contributed by atoms with Crippen LogP contribution in [0.3, 0.4) is 0 Å². The van der Waals surface area contributed by atoms with Crippen LogP contribution < -0.4 is 21.7 Å². The second-order valence-electron chi connectivity index (χ2n) is 6.73. The Morgan fingerprint density at radius 2 is 1.93 bits per heavy atom. The van der Waals surface area contributed by atoms with Crippen molar-refractivity contribution < 1.29 is 9.59 Å². The minimum atomic E-state index is -0.317. The molecule has 0 unspecified atom stereocenters. The molecule has 142 valence electrons. The van der Waals surface area contributed by atoms with E-state index in [0.29, 0.717) is 22.9 Å². The van der Waals surface area contributed by atoms with Gasteiger partial charge in [-0.3, -0.25) is 9.59 Å². The molecular formula is C19H24N6O2. The van der Waals surface area contributed by atoms with Crippen molar-refractivity contribution in [2.24, 2.45) is 11.7 Å². The summed E-state index contributed by atoms with van der Waals surface area (Å²) >= 11 is 0. The lowest BCUT2D eigenvalue weighted by molar-refractivity contribution is -0.121. The van der Waals surface area contributed by atoms with Crippen molar-refractivity contribution in [2.45, 2.75) is 32.2 Å². The minimum Gasteiger partial charge on any atom is -0.381 e. The second-order valence-corrected chi connectivity index (χ2v) is 6.73. The molecule has 0 bridgehead atoms. The van der Waals surface area contributed by atoms with Crippen molar-refractivity contribution in [1.29, 1.82) is 0 Å². The summed E-state index contributed by atoms with van der Waals surface area (Å²) in [5.74, 6) is 0.394. The summed E-state index contributed by atoms with van der Waals surface area (Å²) in [6, 6.07) is 5.46. The number of nitrogens with zero attached hydrogens (tertiary/aromatic N) is 2. The highest BCUT2D eigenvalue weighted by molar-refractivity contribution is 5.99. The number of pyridine rings is 2. The molecule has 0 aliphatic heterocycles. The van der Waals surface area contributed by atoms with E-state index < -0.39 is 0 Å². The van der Waals surface area contributed by atoms with Gasteiger partial charge in [-0.25, -0.2) is 9.97 Å². The van der Waals surface area contributed by atoms with Gasteiger partial charge < -0.3 is 21.7 Å². The van der Waals surface area contributed by atoms with Crippen molar-refractivity contribution in [3.63, 3.8) is 0 Å². The molecule has 2 aromatic heterocycles. The Labute approximate surface area is 158 Å². The lowest BCUT2D eigenvalue weighted by Crippen LogP contribution is -2.35. The van der Waals surface area contributed by atoms with E-state index in [-0.39, 0.29) is 23.8 Å². The fourth-order valence-corrected chi connectivity index (χ4v) is 3.30. The zero-order chi connectivity index (χ0) is 19.4. The first-order chi connectivity index (χ1) is 13.0. The largest absolute Gasteiger partial charge is 0.381 e. The summed E-state index contributed by atoms with van der Waals surface area (Å²) in [6.07, 6.45) is 5.77. The molecule has 3 rings (SSSR count). The van der Waals surface area contributed by atoms with Crippen LogP contribution in [-0.4, -0.2) is 34.9 Å². The van der Waals surface area contributed by atoms with Gasteiger partial charge in [-0.2, -0.15) is 0 Å². The smallest absolute Gasteiger partial charge is 0.254 e. The van der Waals surface area contributed by atoms with Crippen molar-refractivity contribution in [2.75, 3.05) is 17.7 Å². The van der Waals surface area contributed by atoms with Gasteiger partial charge in [0.05, 0.1) is 17.2 Å². The number of carbonyl (C=O) groups is 2. The Morgan fingerprint density at radius 1 is 1.15 bits per heavy atom. The van der Waals surface area contributed by atoms with Gasteiger partial charge in [-0.05, 0) is 31.4 Å². The van der Waals surface area contributed by atoms with Crippen LogP contribution in [0.5, 0.6) is 0 Å². The molecule has 8 heteroatoms. The van der Waals surface area contributed by atoms with Gasteiger partial charge in [0.25, 0.3) is 5.91 Å². The molecule has 0 saturated heterocycles. The van der Waals surface area contributed by atoms with E-state index in [1.165, 1.54) is 6.20 Å². The summed E-state index contributed by atoms with van der Waals surface area (Å²) < 4.78 is 0. The summed E-state index contributed by atoms with van der Waals surface area (Å²) in [5.41, 5.74) is 7.60.